The first-order valence-electron chi connectivity index (χ1n) is 9.07. The van der Waals surface area contributed by atoms with Gasteiger partial charge in [-0.25, -0.2) is 9.36 Å². The maximum atomic E-state index is 12.6. The Bertz CT molecular complexity index is 790. The summed E-state index contributed by atoms with van der Waals surface area (Å²) in [6, 6.07) is 1.49. The van der Waals surface area contributed by atoms with Crippen LogP contribution in [0.5, 0.6) is 0 Å². The number of rotatable bonds is 8. The summed E-state index contributed by atoms with van der Waals surface area (Å²) >= 11 is 0. The number of anilines is 1. The van der Waals surface area contributed by atoms with E-state index in [9.17, 15) is 9.36 Å². The number of fused-ring (bicyclic) bond motifs is 1. The Kier molecular flexibility index (Phi) is 6.26. The Morgan fingerprint density at radius 3 is 2.46 bits per heavy atom. The number of ether oxygens (including phenoxy) is 3. The number of nitrogens with zero attached hydrogens (tertiary/aromatic N) is 2. The predicted octanol–water partition coefficient (Wildman–Crippen LogP) is 1.44. The molecule has 2 aliphatic rings. The topological polar surface area (TPSA) is 133 Å². The lowest BCUT2D eigenvalue weighted by molar-refractivity contribution is -0.200. The number of nitrogen functional groups attached to an aromatic ring is 1. The van der Waals surface area contributed by atoms with Crippen LogP contribution in [0.2, 0.25) is 0 Å². The Morgan fingerprint density at radius 1 is 1.21 bits per heavy atom. The van der Waals surface area contributed by atoms with Crippen LogP contribution in [0.3, 0.4) is 0 Å². The van der Waals surface area contributed by atoms with Crippen molar-refractivity contribution >= 4 is 13.6 Å². The summed E-state index contributed by atoms with van der Waals surface area (Å²) in [4.78, 5) is 16.0. The minimum atomic E-state index is -3.72. The lowest BCUT2D eigenvalue weighted by atomic mass is 10.1. The highest BCUT2D eigenvalue weighted by molar-refractivity contribution is 7.48. The molecule has 4 atom stereocenters. The van der Waals surface area contributed by atoms with Gasteiger partial charge in [0.05, 0.1) is 19.8 Å². The van der Waals surface area contributed by atoms with Gasteiger partial charge in [-0.05, 0) is 33.8 Å². The van der Waals surface area contributed by atoms with Crippen molar-refractivity contribution < 1.29 is 32.3 Å². The van der Waals surface area contributed by atoms with E-state index in [-0.39, 0.29) is 25.6 Å². The standard InChI is InChI=1S/C16H26N3O8P/c1-5-22-28(21,23-6-2)24-9-10-12-13(27-16(3,4)26-12)14(25-10)19-8-7-11(17)18-15(19)20/h7-8,10,12-14H,5-6,9H2,1-4H3,(H2,17,18,20)/t10-,12-,13-,14-/m1/s1. The second-order valence-electron chi connectivity index (χ2n) is 6.75. The molecule has 0 saturated carbocycles. The summed E-state index contributed by atoms with van der Waals surface area (Å²) in [5, 5.41) is 0. The second-order valence-corrected chi connectivity index (χ2v) is 8.42. The first-order valence-corrected chi connectivity index (χ1v) is 10.5. The van der Waals surface area contributed by atoms with Crippen LogP contribution >= 0.6 is 7.82 Å². The van der Waals surface area contributed by atoms with Gasteiger partial charge in [-0.2, -0.15) is 4.98 Å². The third-order valence-corrected chi connectivity index (χ3v) is 5.84. The van der Waals surface area contributed by atoms with Crippen LogP contribution in [0.4, 0.5) is 5.82 Å². The Labute approximate surface area is 162 Å². The zero-order chi connectivity index (χ0) is 20.5. The normalized spacial score (nSPS) is 29.1. The molecule has 3 heterocycles. The monoisotopic (exact) mass is 419 g/mol. The Balaban J connectivity index is 1.81. The first kappa shape index (κ1) is 21.4. The van der Waals surface area contributed by atoms with Crippen LogP contribution < -0.4 is 11.4 Å². The molecule has 28 heavy (non-hydrogen) atoms. The molecule has 0 bridgehead atoms. The Hall–Kier alpha value is -1.33. The van der Waals surface area contributed by atoms with E-state index in [4.69, 9.17) is 33.5 Å². The lowest BCUT2D eigenvalue weighted by Gasteiger charge is -2.25. The SMILES string of the molecule is CCOP(=O)(OCC)OC[C@H]1O[C@@H](n2ccc(N)nc2=O)[C@@H]2OC(C)(C)O[C@@H]21. The van der Waals surface area contributed by atoms with Gasteiger partial charge < -0.3 is 19.9 Å². The van der Waals surface area contributed by atoms with Gasteiger partial charge in [0.2, 0.25) is 0 Å². The molecule has 2 N–H and O–H groups in total. The first-order chi connectivity index (χ1) is 13.2. The molecule has 1 aromatic rings. The van der Waals surface area contributed by atoms with Gasteiger partial charge in [0.15, 0.2) is 12.0 Å². The van der Waals surface area contributed by atoms with E-state index in [2.05, 4.69) is 4.98 Å². The molecule has 12 heteroatoms. The van der Waals surface area contributed by atoms with Gasteiger partial charge >= 0.3 is 13.5 Å². The minimum absolute atomic E-state index is 0.106. The third-order valence-electron chi connectivity index (χ3n) is 4.22. The van der Waals surface area contributed by atoms with Crippen molar-refractivity contribution in [3.63, 3.8) is 0 Å². The molecule has 0 radical (unpaired) electrons. The zero-order valence-corrected chi connectivity index (χ0v) is 17.2. The molecule has 11 nitrogen and oxygen atoms in total. The van der Waals surface area contributed by atoms with E-state index in [0.717, 1.165) is 0 Å². The van der Waals surface area contributed by atoms with Gasteiger partial charge in [0, 0.05) is 6.20 Å². The number of aromatic nitrogens is 2. The molecule has 2 saturated heterocycles. The van der Waals surface area contributed by atoms with E-state index < -0.39 is 43.8 Å². The van der Waals surface area contributed by atoms with Crippen molar-refractivity contribution in [3.05, 3.63) is 22.7 Å². The van der Waals surface area contributed by atoms with Gasteiger partial charge in [0.1, 0.15) is 24.1 Å². The highest BCUT2D eigenvalue weighted by atomic mass is 31.2. The molecule has 2 fully saturated rings. The van der Waals surface area contributed by atoms with Crippen molar-refractivity contribution in [2.45, 2.75) is 58.0 Å². The van der Waals surface area contributed by atoms with Crippen LogP contribution in [0, 0.1) is 0 Å². The summed E-state index contributed by atoms with van der Waals surface area (Å²) in [5.74, 6) is -0.779. The number of phosphoric acid groups is 1. The average Bonchev–Trinajstić information content (AvgIpc) is 3.07. The van der Waals surface area contributed by atoms with Gasteiger partial charge in [-0.3, -0.25) is 18.1 Å². The Morgan fingerprint density at radius 2 is 1.86 bits per heavy atom. The largest absolute Gasteiger partial charge is 0.474 e. The fourth-order valence-electron chi connectivity index (χ4n) is 3.23. The zero-order valence-electron chi connectivity index (χ0n) is 16.3. The number of hydrogen-bond acceptors (Lipinski definition) is 10. The molecule has 0 aliphatic carbocycles. The lowest BCUT2D eigenvalue weighted by Crippen LogP contribution is -2.35. The molecule has 2 aliphatic heterocycles. The van der Waals surface area contributed by atoms with Crippen molar-refractivity contribution in [2.75, 3.05) is 25.6 Å². The minimum Gasteiger partial charge on any atom is -0.383 e. The van der Waals surface area contributed by atoms with Gasteiger partial charge in [0.25, 0.3) is 0 Å². The quantitative estimate of drug-likeness (QED) is 0.617. The molecule has 0 amide bonds. The molecule has 0 spiro atoms. The summed E-state index contributed by atoms with van der Waals surface area (Å²) < 4.78 is 47.3. The molecule has 158 valence electrons. The molecular formula is C16H26N3O8P. The number of nitrogens with two attached hydrogens (primary N) is 1. The second kappa shape index (κ2) is 8.19. The maximum Gasteiger partial charge on any atom is 0.474 e. The van der Waals surface area contributed by atoms with Crippen molar-refractivity contribution in [2.24, 2.45) is 0 Å². The van der Waals surface area contributed by atoms with E-state index in [1.54, 1.807) is 27.7 Å². The van der Waals surface area contributed by atoms with E-state index in [1.165, 1.54) is 16.8 Å². The summed E-state index contributed by atoms with van der Waals surface area (Å²) in [6.45, 7) is 7.08. The van der Waals surface area contributed by atoms with Crippen molar-refractivity contribution in [1.82, 2.24) is 9.55 Å². The van der Waals surface area contributed by atoms with Crippen molar-refractivity contribution in [1.29, 1.82) is 0 Å². The molecule has 3 rings (SSSR count). The smallest absolute Gasteiger partial charge is 0.383 e. The van der Waals surface area contributed by atoms with E-state index in [0.29, 0.717) is 0 Å². The van der Waals surface area contributed by atoms with Gasteiger partial charge in [-0.1, -0.05) is 0 Å². The maximum absolute atomic E-state index is 12.6. The highest BCUT2D eigenvalue weighted by Gasteiger charge is 2.56. The molecule has 0 unspecified atom stereocenters. The third kappa shape index (κ3) is 4.46. The van der Waals surface area contributed by atoms with Crippen LogP contribution in [0.25, 0.3) is 0 Å². The number of phosphoric ester groups is 1. The van der Waals surface area contributed by atoms with Crippen LogP contribution in [0.1, 0.15) is 33.9 Å². The van der Waals surface area contributed by atoms with Crippen LogP contribution in [-0.4, -0.2) is 53.5 Å². The molecule has 1 aromatic heterocycles. The van der Waals surface area contributed by atoms with Crippen LogP contribution in [-0.2, 0) is 32.3 Å². The average molecular weight is 419 g/mol. The fraction of sp³-hybridized carbons (Fsp3) is 0.750. The fourth-order valence-corrected chi connectivity index (χ4v) is 4.42. The predicted molar refractivity (Wildman–Crippen MR) is 97.5 cm³/mol. The van der Waals surface area contributed by atoms with Crippen molar-refractivity contribution in [3.8, 4) is 0 Å². The summed E-state index contributed by atoms with van der Waals surface area (Å²) in [5.41, 5.74) is 4.98. The molecular weight excluding hydrogens is 393 g/mol. The van der Waals surface area contributed by atoms with E-state index >= 15 is 0 Å². The van der Waals surface area contributed by atoms with E-state index in [1.807, 2.05) is 0 Å². The van der Waals surface area contributed by atoms with Gasteiger partial charge in [-0.15, -0.1) is 0 Å². The van der Waals surface area contributed by atoms with Crippen LogP contribution in [0.15, 0.2) is 17.1 Å². The highest BCUT2D eigenvalue weighted by Crippen LogP contribution is 2.51. The summed E-state index contributed by atoms with van der Waals surface area (Å²) in [7, 11) is -3.72. The summed E-state index contributed by atoms with van der Waals surface area (Å²) in [6.07, 6.45) is -1.14. The molecule has 0 aromatic carbocycles. The number of hydrogen-bond donors (Lipinski definition) is 1.